The van der Waals surface area contributed by atoms with E-state index < -0.39 is 0 Å². The Kier molecular flexibility index (Phi) is 6.01. The third kappa shape index (κ3) is 3.96. The largest absolute Gasteiger partial charge is 0.497 e. The number of nitrogens with one attached hydrogen (secondary N) is 1. The summed E-state index contributed by atoms with van der Waals surface area (Å²) >= 11 is 0. The lowest BCUT2D eigenvalue weighted by Gasteiger charge is -2.13. The van der Waals surface area contributed by atoms with Gasteiger partial charge in [-0.15, -0.1) is 0 Å². The first kappa shape index (κ1) is 18.0. The van der Waals surface area contributed by atoms with Crippen LogP contribution in [0.1, 0.15) is 43.6 Å². The van der Waals surface area contributed by atoms with Crippen LogP contribution < -0.4 is 10.1 Å². The molecule has 0 spiro atoms. The molecule has 0 saturated carbocycles. The van der Waals surface area contributed by atoms with Gasteiger partial charge in [-0.25, -0.2) is 0 Å². The van der Waals surface area contributed by atoms with Gasteiger partial charge in [0.1, 0.15) is 5.75 Å². The molecule has 5 nitrogen and oxygen atoms in total. The van der Waals surface area contributed by atoms with Crippen LogP contribution in [-0.4, -0.2) is 22.8 Å². The topological polar surface area (TPSA) is 56.2 Å². The predicted octanol–water partition coefficient (Wildman–Crippen LogP) is 3.93. The van der Waals surface area contributed by atoms with Crippen molar-refractivity contribution in [3.8, 4) is 5.75 Å². The molecule has 24 heavy (non-hydrogen) atoms. The summed E-state index contributed by atoms with van der Waals surface area (Å²) in [5.41, 5.74) is 3.75. The third-order valence-electron chi connectivity index (χ3n) is 4.45. The number of aromatic nitrogens is 2. The number of carbonyl (C=O) groups is 1. The Morgan fingerprint density at radius 3 is 2.62 bits per heavy atom. The molecule has 0 aliphatic rings. The highest BCUT2D eigenvalue weighted by Gasteiger charge is 2.19. The summed E-state index contributed by atoms with van der Waals surface area (Å²) in [5, 5.41) is 7.65. The SMILES string of the molecule is CCC(CC)C(=O)Nc1c(C)nn(Cc2cccc(OC)c2)c1C. The Bertz CT molecular complexity index is 703. The molecule has 0 unspecified atom stereocenters. The summed E-state index contributed by atoms with van der Waals surface area (Å²) in [6.07, 6.45) is 1.69. The van der Waals surface area contributed by atoms with E-state index in [0.717, 1.165) is 41.2 Å². The molecule has 0 bridgehead atoms. The Morgan fingerprint density at radius 1 is 1.29 bits per heavy atom. The van der Waals surface area contributed by atoms with Crippen molar-refractivity contribution < 1.29 is 9.53 Å². The van der Waals surface area contributed by atoms with Crippen molar-refractivity contribution in [2.24, 2.45) is 5.92 Å². The minimum absolute atomic E-state index is 0.0468. The lowest BCUT2D eigenvalue weighted by Crippen LogP contribution is -2.22. The van der Waals surface area contributed by atoms with Gasteiger partial charge < -0.3 is 10.1 Å². The molecule has 130 valence electrons. The highest BCUT2D eigenvalue weighted by Crippen LogP contribution is 2.23. The first-order valence-corrected chi connectivity index (χ1v) is 8.47. The highest BCUT2D eigenvalue weighted by molar-refractivity contribution is 5.93. The molecular weight excluding hydrogens is 302 g/mol. The van der Waals surface area contributed by atoms with Crippen molar-refractivity contribution in [3.05, 3.63) is 41.2 Å². The molecule has 0 atom stereocenters. The normalized spacial score (nSPS) is 10.9. The Balaban J connectivity index is 2.20. The van der Waals surface area contributed by atoms with Crippen molar-refractivity contribution in [1.29, 1.82) is 0 Å². The molecule has 1 aromatic heterocycles. The number of hydrogen-bond donors (Lipinski definition) is 1. The minimum atomic E-state index is 0.0468. The lowest BCUT2D eigenvalue weighted by atomic mass is 10.0. The van der Waals surface area contributed by atoms with Crippen LogP contribution in [0.25, 0.3) is 0 Å². The Morgan fingerprint density at radius 2 is 2.00 bits per heavy atom. The minimum Gasteiger partial charge on any atom is -0.497 e. The number of hydrogen-bond acceptors (Lipinski definition) is 3. The second-order valence-electron chi connectivity index (χ2n) is 6.06. The van der Waals surface area contributed by atoms with Gasteiger partial charge in [-0.2, -0.15) is 5.10 Å². The number of carbonyl (C=O) groups excluding carboxylic acids is 1. The fourth-order valence-electron chi connectivity index (χ4n) is 2.86. The smallest absolute Gasteiger partial charge is 0.227 e. The van der Waals surface area contributed by atoms with Gasteiger partial charge in [-0.05, 0) is 44.4 Å². The maximum atomic E-state index is 12.4. The van der Waals surface area contributed by atoms with Crippen LogP contribution in [0.4, 0.5) is 5.69 Å². The summed E-state index contributed by atoms with van der Waals surface area (Å²) in [7, 11) is 1.66. The monoisotopic (exact) mass is 329 g/mol. The van der Waals surface area contributed by atoms with Gasteiger partial charge in [0.15, 0.2) is 0 Å². The number of aryl methyl sites for hydroxylation is 1. The molecule has 1 aromatic carbocycles. The average Bonchev–Trinajstić information content (AvgIpc) is 2.83. The van der Waals surface area contributed by atoms with Crippen molar-refractivity contribution in [2.75, 3.05) is 12.4 Å². The maximum absolute atomic E-state index is 12.4. The molecule has 0 radical (unpaired) electrons. The van der Waals surface area contributed by atoms with Gasteiger partial charge >= 0.3 is 0 Å². The maximum Gasteiger partial charge on any atom is 0.227 e. The molecule has 0 aliphatic carbocycles. The molecule has 0 fully saturated rings. The number of amides is 1. The molecule has 5 heteroatoms. The Hall–Kier alpha value is -2.30. The number of nitrogens with zero attached hydrogens (tertiary/aromatic N) is 2. The summed E-state index contributed by atoms with van der Waals surface area (Å²) < 4.78 is 7.19. The quantitative estimate of drug-likeness (QED) is 0.837. The second kappa shape index (κ2) is 7.99. The van der Waals surface area contributed by atoms with Gasteiger partial charge in [-0.1, -0.05) is 26.0 Å². The second-order valence-corrected chi connectivity index (χ2v) is 6.06. The summed E-state index contributed by atoms with van der Waals surface area (Å²) in [5.74, 6) is 0.953. The highest BCUT2D eigenvalue weighted by atomic mass is 16.5. The van der Waals surface area contributed by atoms with Gasteiger partial charge in [0.25, 0.3) is 0 Å². The molecule has 2 aromatic rings. The van der Waals surface area contributed by atoms with E-state index in [1.165, 1.54) is 0 Å². The number of anilines is 1. The van der Waals surface area contributed by atoms with Crippen LogP contribution >= 0.6 is 0 Å². The van der Waals surface area contributed by atoms with E-state index in [0.29, 0.717) is 6.54 Å². The van der Waals surface area contributed by atoms with E-state index in [9.17, 15) is 4.79 Å². The van der Waals surface area contributed by atoms with Crippen molar-refractivity contribution in [1.82, 2.24) is 9.78 Å². The van der Waals surface area contributed by atoms with Crippen LogP contribution in [0.5, 0.6) is 5.75 Å². The number of methoxy groups -OCH3 is 1. The van der Waals surface area contributed by atoms with Crippen LogP contribution in [0.3, 0.4) is 0 Å². The molecule has 0 saturated heterocycles. The van der Waals surface area contributed by atoms with Crippen molar-refractivity contribution in [3.63, 3.8) is 0 Å². The first-order chi connectivity index (χ1) is 11.5. The van der Waals surface area contributed by atoms with E-state index in [-0.39, 0.29) is 11.8 Å². The van der Waals surface area contributed by atoms with Gasteiger partial charge in [0, 0.05) is 5.92 Å². The van der Waals surface area contributed by atoms with Crippen molar-refractivity contribution >= 4 is 11.6 Å². The van der Waals surface area contributed by atoms with E-state index in [2.05, 4.69) is 10.4 Å². The fourth-order valence-corrected chi connectivity index (χ4v) is 2.86. The van der Waals surface area contributed by atoms with Gasteiger partial charge in [0.05, 0.1) is 30.7 Å². The summed E-state index contributed by atoms with van der Waals surface area (Å²) in [4.78, 5) is 12.4. The predicted molar refractivity (Wildman–Crippen MR) is 96.5 cm³/mol. The van der Waals surface area contributed by atoms with E-state index in [1.807, 2.05) is 56.6 Å². The number of ether oxygens (including phenoxy) is 1. The van der Waals surface area contributed by atoms with E-state index in [4.69, 9.17) is 4.74 Å². The van der Waals surface area contributed by atoms with E-state index >= 15 is 0 Å². The third-order valence-corrected chi connectivity index (χ3v) is 4.45. The van der Waals surface area contributed by atoms with Crippen LogP contribution in [-0.2, 0) is 11.3 Å². The molecule has 0 aliphatic heterocycles. The molecule has 2 rings (SSSR count). The Labute approximate surface area is 144 Å². The van der Waals surface area contributed by atoms with E-state index in [1.54, 1.807) is 7.11 Å². The summed E-state index contributed by atoms with van der Waals surface area (Å²) in [6, 6.07) is 7.93. The van der Waals surface area contributed by atoms with Crippen LogP contribution in [0, 0.1) is 19.8 Å². The van der Waals surface area contributed by atoms with Gasteiger partial charge in [0.2, 0.25) is 5.91 Å². The molecular formula is C19H27N3O2. The van der Waals surface area contributed by atoms with Gasteiger partial charge in [-0.3, -0.25) is 9.48 Å². The zero-order valence-electron chi connectivity index (χ0n) is 15.2. The fraction of sp³-hybridized carbons (Fsp3) is 0.474. The summed E-state index contributed by atoms with van der Waals surface area (Å²) in [6.45, 7) is 8.64. The van der Waals surface area contributed by atoms with Crippen LogP contribution in [0.15, 0.2) is 24.3 Å². The standard InChI is InChI=1S/C19H27N3O2/c1-6-16(7-2)19(23)20-18-13(3)21-22(14(18)4)12-15-9-8-10-17(11-15)24-5/h8-11,16H,6-7,12H2,1-5H3,(H,20,23). The average molecular weight is 329 g/mol. The molecule has 1 heterocycles. The number of rotatable bonds is 7. The van der Waals surface area contributed by atoms with Crippen LogP contribution in [0.2, 0.25) is 0 Å². The molecule has 1 N–H and O–H groups in total. The zero-order chi connectivity index (χ0) is 17.7. The number of benzene rings is 1. The lowest BCUT2D eigenvalue weighted by molar-refractivity contribution is -0.120. The van der Waals surface area contributed by atoms with Crippen molar-refractivity contribution in [2.45, 2.75) is 47.1 Å². The zero-order valence-corrected chi connectivity index (χ0v) is 15.2. The molecule has 1 amide bonds. The first-order valence-electron chi connectivity index (χ1n) is 8.47.